The second kappa shape index (κ2) is 6.43. The van der Waals surface area contributed by atoms with Crippen LogP contribution in [0.25, 0.3) is 0 Å². The molecule has 1 nitrogen and oxygen atoms in total. The first-order valence-electron chi connectivity index (χ1n) is 6.35. The van der Waals surface area contributed by atoms with Crippen molar-refractivity contribution in [3.8, 4) is 0 Å². The second-order valence-electron chi connectivity index (χ2n) is 4.65. The lowest BCUT2D eigenvalue weighted by molar-refractivity contribution is 0.560. The molecule has 19 heavy (non-hydrogen) atoms. The Labute approximate surface area is 112 Å². The fourth-order valence-electron chi connectivity index (χ4n) is 1.99. The van der Waals surface area contributed by atoms with Gasteiger partial charge in [-0.05, 0) is 31.5 Å². The molecule has 2 aromatic carbocycles. The van der Waals surface area contributed by atoms with Crippen molar-refractivity contribution >= 4 is 0 Å². The summed E-state index contributed by atoms with van der Waals surface area (Å²) < 4.78 is 26.1. The van der Waals surface area contributed by atoms with Crippen molar-refractivity contribution in [3.05, 3.63) is 70.8 Å². The minimum Gasteiger partial charge on any atom is -0.312 e. The van der Waals surface area contributed by atoms with E-state index in [0.29, 0.717) is 12.1 Å². The molecule has 0 fully saturated rings. The third-order valence-corrected chi connectivity index (χ3v) is 3.00. The molecule has 3 heteroatoms. The summed E-state index contributed by atoms with van der Waals surface area (Å²) in [5, 5.41) is 3.17. The van der Waals surface area contributed by atoms with Gasteiger partial charge in [0, 0.05) is 18.2 Å². The van der Waals surface area contributed by atoms with Crippen LogP contribution in [0.1, 0.15) is 16.7 Å². The SMILES string of the molecule is Cc1cccc(CCNCc2ccc(F)cc2F)c1. The Kier molecular flexibility index (Phi) is 4.63. The van der Waals surface area contributed by atoms with Gasteiger partial charge < -0.3 is 5.32 Å². The lowest BCUT2D eigenvalue weighted by atomic mass is 10.1. The van der Waals surface area contributed by atoms with E-state index in [2.05, 4.69) is 30.4 Å². The van der Waals surface area contributed by atoms with Crippen LogP contribution in [-0.4, -0.2) is 6.54 Å². The van der Waals surface area contributed by atoms with Crippen molar-refractivity contribution < 1.29 is 8.78 Å². The maximum Gasteiger partial charge on any atom is 0.130 e. The van der Waals surface area contributed by atoms with E-state index in [1.807, 2.05) is 6.07 Å². The molecule has 0 bridgehead atoms. The lowest BCUT2D eigenvalue weighted by Crippen LogP contribution is -2.17. The predicted octanol–water partition coefficient (Wildman–Crippen LogP) is 3.61. The van der Waals surface area contributed by atoms with Crippen molar-refractivity contribution in [2.24, 2.45) is 0 Å². The monoisotopic (exact) mass is 261 g/mol. The van der Waals surface area contributed by atoms with Gasteiger partial charge in [-0.2, -0.15) is 0 Å². The molecule has 0 heterocycles. The first-order chi connectivity index (χ1) is 9.15. The van der Waals surface area contributed by atoms with Crippen LogP contribution < -0.4 is 5.32 Å². The Morgan fingerprint density at radius 2 is 1.89 bits per heavy atom. The van der Waals surface area contributed by atoms with Crippen LogP contribution >= 0.6 is 0 Å². The Hall–Kier alpha value is -1.74. The molecule has 1 N–H and O–H groups in total. The van der Waals surface area contributed by atoms with Gasteiger partial charge in [0.1, 0.15) is 11.6 Å². The summed E-state index contributed by atoms with van der Waals surface area (Å²) in [5.41, 5.74) is 2.99. The standard InChI is InChI=1S/C16H17F2N/c1-12-3-2-4-13(9-12)7-8-19-11-14-5-6-15(17)10-16(14)18/h2-6,9-10,19H,7-8,11H2,1H3. The van der Waals surface area contributed by atoms with Crippen LogP contribution in [0, 0.1) is 18.6 Å². The predicted molar refractivity (Wildman–Crippen MR) is 72.9 cm³/mol. The molecule has 0 unspecified atom stereocenters. The van der Waals surface area contributed by atoms with Crippen LogP contribution in [0.2, 0.25) is 0 Å². The average molecular weight is 261 g/mol. The Morgan fingerprint density at radius 1 is 1.05 bits per heavy atom. The van der Waals surface area contributed by atoms with Crippen molar-refractivity contribution in [1.29, 1.82) is 0 Å². The quantitative estimate of drug-likeness (QED) is 0.811. The molecule has 0 atom stereocenters. The van der Waals surface area contributed by atoms with Gasteiger partial charge in [0.2, 0.25) is 0 Å². The van der Waals surface area contributed by atoms with Gasteiger partial charge >= 0.3 is 0 Å². The van der Waals surface area contributed by atoms with Gasteiger partial charge in [-0.3, -0.25) is 0 Å². The highest BCUT2D eigenvalue weighted by molar-refractivity contribution is 5.22. The maximum absolute atomic E-state index is 13.4. The largest absolute Gasteiger partial charge is 0.312 e. The molecule has 0 aliphatic rings. The summed E-state index contributed by atoms with van der Waals surface area (Å²) in [7, 11) is 0. The number of rotatable bonds is 5. The maximum atomic E-state index is 13.4. The molecule has 0 spiro atoms. The fourth-order valence-corrected chi connectivity index (χ4v) is 1.99. The highest BCUT2D eigenvalue weighted by Crippen LogP contribution is 2.09. The van der Waals surface area contributed by atoms with Gasteiger partial charge in [-0.25, -0.2) is 8.78 Å². The normalized spacial score (nSPS) is 10.7. The molecule has 2 aromatic rings. The Bertz CT molecular complexity index is 552. The van der Waals surface area contributed by atoms with Gasteiger partial charge in [0.15, 0.2) is 0 Å². The minimum atomic E-state index is -0.541. The summed E-state index contributed by atoms with van der Waals surface area (Å²) in [6.07, 6.45) is 0.893. The van der Waals surface area contributed by atoms with E-state index in [4.69, 9.17) is 0 Å². The van der Waals surface area contributed by atoms with Gasteiger partial charge in [0.25, 0.3) is 0 Å². The zero-order valence-corrected chi connectivity index (χ0v) is 10.9. The zero-order chi connectivity index (χ0) is 13.7. The highest BCUT2D eigenvalue weighted by atomic mass is 19.1. The van der Waals surface area contributed by atoms with E-state index in [-0.39, 0.29) is 0 Å². The summed E-state index contributed by atoms with van der Waals surface area (Å²) in [6.45, 7) is 3.24. The van der Waals surface area contributed by atoms with Gasteiger partial charge in [-0.15, -0.1) is 0 Å². The van der Waals surface area contributed by atoms with E-state index in [1.54, 1.807) is 0 Å². The van der Waals surface area contributed by atoms with Crippen molar-refractivity contribution in [1.82, 2.24) is 5.32 Å². The highest BCUT2D eigenvalue weighted by Gasteiger charge is 2.02. The molecule has 0 radical (unpaired) electrons. The first kappa shape index (κ1) is 13.7. The molecule has 0 saturated carbocycles. The third-order valence-electron chi connectivity index (χ3n) is 3.00. The van der Waals surface area contributed by atoms with E-state index < -0.39 is 11.6 Å². The molecule has 0 aromatic heterocycles. The number of halogens is 2. The van der Waals surface area contributed by atoms with E-state index in [9.17, 15) is 8.78 Å². The summed E-state index contributed by atoms with van der Waals surface area (Å²) >= 11 is 0. The molecular formula is C16H17F2N. The topological polar surface area (TPSA) is 12.0 Å². The van der Waals surface area contributed by atoms with Crippen molar-refractivity contribution in [3.63, 3.8) is 0 Å². The molecule has 0 saturated heterocycles. The van der Waals surface area contributed by atoms with E-state index in [0.717, 1.165) is 19.0 Å². The van der Waals surface area contributed by atoms with E-state index in [1.165, 1.54) is 23.3 Å². The number of hydrogen-bond acceptors (Lipinski definition) is 1. The van der Waals surface area contributed by atoms with Crippen molar-refractivity contribution in [2.75, 3.05) is 6.54 Å². The van der Waals surface area contributed by atoms with Crippen LogP contribution in [-0.2, 0) is 13.0 Å². The number of aryl methyl sites for hydroxylation is 1. The molecule has 0 aliphatic carbocycles. The minimum absolute atomic E-state index is 0.415. The van der Waals surface area contributed by atoms with Gasteiger partial charge in [-0.1, -0.05) is 35.9 Å². The smallest absolute Gasteiger partial charge is 0.130 e. The van der Waals surface area contributed by atoms with Crippen LogP contribution in [0.3, 0.4) is 0 Å². The molecule has 100 valence electrons. The Morgan fingerprint density at radius 3 is 2.63 bits per heavy atom. The second-order valence-corrected chi connectivity index (χ2v) is 4.65. The number of hydrogen-bond donors (Lipinski definition) is 1. The fraction of sp³-hybridized carbons (Fsp3) is 0.250. The molecular weight excluding hydrogens is 244 g/mol. The van der Waals surface area contributed by atoms with Crippen LogP contribution in [0.4, 0.5) is 8.78 Å². The molecule has 0 amide bonds. The van der Waals surface area contributed by atoms with Crippen LogP contribution in [0.5, 0.6) is 0 Å². The van der Waals surface area contributed by atoms with Crippen molar-refractivity contribution in [2.45, 2.75) is 19.9 Å². The molecule has 0 aliphatic heterocycles. The van der Waals surface area contributed by atoms with Gasteiger partial charge in [0.05, 0.1) is 0 Å². The van der Waals surface area contributed by atoms with Crippen LogP contribution in [0.15, 0.2) is 42.5 Å². The number of nitrogens with one attached hydrogen (secondary N) is 1. The number of benzene rings is 2. The summed E-state index contributed by atoms with van der Waals surface area (Å²) in [4.78, 5) is 0. The first-order valence-corrected chi connectivity index (χ1v) is 6.35. The summed E-state index contributed by atoms with van der Waals surface area (Å²) in [5.74, 6) is -1.04. The Balaban J connectivity index is 1.81. The lowest BCUT2D eigenvalue weighted by Gasteiger charge is -2.07. The van der Waals surface area contributed by atoms with E-state index >= 15 is 0 Å². The average Bonchev–Trinajstić information content (AvgIpc) is 2.37. The summed E-state index contributed by atoms with van der Waals surface area (Å²) in [6, 6.07) is 12.0. The third kappa shape index (κ3) is 4.14. The molecule has 2 rings (SSSR count). The zero-order valence-electron chi connectivity index (χ0n) is 10.9.